The van der Waals surface area contributed by atoms with E-state index in [4.69, 9.17) is 5.73 Å². The van der Waals surface area contributed by atoms with E-state index in [1.807, 2.05) is 0 Å². The number of hydrogen-bond donors (Lipinski definition) is 1. The molecule has 2 rings (SSSR count). The van der Waals surface area contributed by atoms with Crippen molar-refractivity contribution in [1.82, 2.24) is 14.1 Å². The van der Waals surface area contributed by atoms with Crippen molar-refractivity contribution in [3.63, 3.8) is 0 Å². The molecular weight excluding hydrogens is 276 g/mol. The normalized spacial score (nSPS) is 18.9. The summed E-state index contributed by atoms with van der Waals surface area (Å²) >= 11 is 0. The molecule has 7 heteroatoms. The highest BCUT2D eigenvalue weighted by atomic mass is 32.2. The minimum Gasteiger partial charge on any atom is -0.381 e. The molecular formula is C13H24N4O2S. The third-order valence-corrected chi connectivity index (χ3v) is 6.41. The lowest BCUT2D eigenvalue weighted by atomic mass is 9.87. The fraction of sp³-hybridized carbons (Fsp3) is 0.769. The molecule has 1 aliphatic rings. The number of aromatic nitrogens is 2. The Labute approximate surface area is 121 Å². The van der Waals surface area contributed by atoms with Gasteiger partial charge in [0, 0.05) is 20.1 Å². The van der Waals surface area contributed by atoms with Crippen LogP contribution in [0.25, 0.3) is 0 Å². The van der Waals surface area contributed by atoms with Crippen LogP contribution in [-0.2, 0) is 17.1 Å². The number of piperidine rings is 1. The minimum atomic E-state index is -3.53. The highest BCUT2D eigenvalue weighted by molar-refractivity contribution is 7.89. The maximum atomic E-state index is 12.7. The number of hydrogen-bond acceptors (Lipinski definition) is 4. The van der Waals surface area contributed by atoms with Crippen LogP contribution in [0, 0.1) is 18.8 Å². The second-order valence-electron chi connectivity index (χ2n) is 5.91. The van der Waals surface area contributed by atoms with Crippen LogP contribution in [0.2, 0.25) is 0 Å². The van der Waals surface area contributed by atoms with Crippen molar-refractivity contribution in [3.8, 4) is 0 Å². The van der Waals surface area contributed by atoms with E-state index in [0.29, 0.717) is 30.6 Å². The molecule has 20 heavy (non-hydrogen) atoms. The van der Waals surface area contributed by atoms with Crippen molar-refractivity contribution in [2.45, 2.75) is 38.5 Å². The predicted molar refractivity (Wildman–Crippen MR) is 78.7 cm³/mol. The lowest BCUT2D eigenvalue weighted by molar-refractivity contribution is 0.226. The van der Waals surface area contributed by atoms with Gasteiger partial charge in [-0.05, 0) is 31.6 Å². The number of rotatable bonds is 3. The third kappa shape index (κ3) is 2.56. The molecule has 0 atom stereocenters. The van der Waals surface area contributed by atoms with E-state index < -0.39 is 10.0 Å². The molecule has 1 aliphatic heterocycles. The molecule has 114 valence electrons. The van der Waals surface area contributed by atoms with Gasteiger partial charge in [-0.1, -0.05) is 13.8 Å². The lowest BCUT2D eigenvalue weighted by Gasteiger charge is -2.33. The summed E-state index contributed by atoms with van der Waals surface area (Å²) in [5.74, 6) is 1.30. The van der Waals surface area contributed by atoms with Crippen molar-refractivity contribution in [1.29, 1.82) is 0 Å². The quantitative estimate of drug-likeness (QED) is 0.914. The fourth-order valence-electron chi connectivity index (χ4n) is 2.85. The molecule has 0 spiro atoms. The Morgan fingerprint density at radius 2 is 1.85 bits per heavy atom. The largest absolute Gasteiger partial charge is 0.381 e. The molecule has 1 fully saturated rings. The summed E-state index contributed by atoms with van der Waals surface area (Å²) in [5.41, 5.74) is 6.36. The molecule has 2 heterocycles. The van der Waals surface area contributed by atoms with Crippen LogP contribution in [0.4, 0.5) is 5.82 Å². The van der Waals surface area contributed by atoms with Gasteiger partial charge in [-0.15, -0.1) is 0 Å². The van der Waals surface area contributed by atoms with Gasteiger partial charge >= 0.3 is 0 Å². The monoisotopic (exact) mass is 300 g/mol. The number of nitrogens with two attached hydrogens (primary N) is 1. The lowest BCUT2D eigenvalue weighted by Crippen LogP contribution is -2.39. The molecule has 0 aliphatic carbocycles. The SMILES string of the molecule is Cc1c(S(=O)(=O)N2CCC(C(C)C)CC2)c(N)nn1C. The van der Waals surface area contributed by atoms with Gasteiger partial charge in [0.2, 0.25) is 10.0 Å². The summed E-state index contributed by atoms with van der Waals surface area (Å²) in [6, 6.07) is 0. The summed E-state index contributed by atoms with van der Waals surface area (Å²) in [6.07, 6.45) is 1.83. The van der Waals surface area contributed by atoms with Crippen molar-refractivity contribution in [3.05, 3.63) is 5.69 Å². The van der Waals surface area contributed by atoms with Crippen LogP contribution in [0.15, 0.2) is 4.90 Å². The van der Waals surface area contributed by atoms with Gasteiger partial charge in [-0.25, -0.2) is 8.42 Å². The van der Waals surface area contributed by atoms with Crippen molar-refractivity contribution in [2.75, 3.05) is 18.8 Å². The molecule has 0 aromatic carbocycles. The summed E-state index contributed by atoms with van der Waals surface area (Å²) in [5, 5.41) is 4.00. The fourth-order valence-corrected chi connectivity index (χ4v) is 4.61. The summed E-state index contributed by atoms with van der Waals surface area (Å²) in [7, 11) is -1.82. The Morgan fingerprint density at radius 1 is 1.30 bits per heavy atom. The van der Waals surface area contributed by atoms with Gasteiger partial charge in [0.1, 0.15) is 4.90 Å². The molecule has 6 nitrogen and oxygen atoms in total. The first-order valence-corrected chi connectivity index (χ1v) is 8.48. The van der Waals surface area contributed by atoms with E-state index in [9.17, 15) is 8.42 Å². The molecule has 0 radical (unpaired) electrons. The Bertz CT molecular complexity index is 584. The number of nitrogen functional groups attached to an aromatic ring is 1. The van der Waals surface area contributed by atoms with Gasteiger partial charge in [0.05, 0.1) is 5.69 Å². The Hall–Kier alpha value is -1.08. The summed E-state index contributed by atoms with van der Waals surface area (Å²) < 4.78 is 28.5. The van der Waals surface area contributed by atoms with Crippen LogP contribution < -0.4 is 5.73 Å². The number of sulfonamides is 1. The second-order valence-corrected chi connectivity index (χ2v) is 7.78. The summed E-state index contributed by atoms with van der Waals surface area (Å²) in [4.78, 5) is 0.169. The van der Waals surface area contributed by atoms with E-state index >= 15 is 0 Å². The number of anilines is 1. The van der Waals surface area contributed by atoms with E-state index in [2.05, 4.69) is 18.9 Å². The topological polar surface area (TPSA) is 81.2 Å². The molecule has 1 aromatic heterocycles. The van der Waals surface area contributed by atoms with Crippen molar-refractivity contribution in [2.24, 2.45) is 18.9 Å². The predicted octanol–water partition coefficient (Wildman–Crippen LogP) is 1.37. The second kappa shape index (κ2) is 5.37. The van der Waals surface area contributed by atoms with Gasteiger partial charge < -0.3 is 5.73 Å². The maximum Gasteiger partial charge on any atom is 0.248 e. The van der Waals surface area contributed by atoms with Crippen molar-refractivity contribution >= 4 is 15.8 Å². The highest BCUT2D eigenvalue weighted by Gasteiger charge is 2.34. The van der Waals surface area contributed by atoms with Gasteiger partial charge in [0.15, 0.2) is 5.82 Å². The van der Waals surface area contributed by atoms with Gasteiger partial charge in [-0.3, -0.25) is 4.68 Å². The van der Waals surface area contributed by atoms with E-state index in [-0.39, 0.29) is 10.7 Å². The van der Waals surface area contributed by atoms with Crippen molar-refractivity contribution < 1.29 is 8.42 Å². The molecule has 0 bridgehead atoms. The Morgan fingerprint density at radius 3 is 2.25 bits per heavy atom. The van der Waals surface area contributed by atoms with E-state index in [0.717, 1.165) is 12.8 Å². The molecule has 2 N–H and O–H groups in total. The van der Waals surface area contributed by atoms with Crippen LogP contribution in [0.1, 0.15) is 32.4 Å². The summed E-state index contributed by atoms with van der Waals surface area (Å²) in [6.45, 7) is 7.26. The molecule has 0 unspecified atom stereocenters. The maximum absolute atomic E-state index is 12.7. The zero-order chi connectivity index (χ0) is 15.1. The first kappa shape index (κ1) is 15.3. The van der Waals surface area contributed by atoms with Crippen LogP contribution >= 0.6 is 0 Å². The Kier molecular flexibility index (Phi) is 4.11. The first-order chi connectivity index (χ1) is 9.25. The zero-order valence-electron chi connectivity index (χ0n) is 12.6. The van der Waals surface area contributed by atoms with Gasteiger partial charge in [-0.2, -0.15) is 9.40 Å². The van der Waals surface area contributed by atoms with E-state index in [1.165, 1.54) is 4.68 Å². The average Bonchev–Trinajstić information content (AvgIpc) is 2.63. The third-order valence-electron chi connectivity index (χ3n) is 4.34. The van der Waals surface area contributed by atoms with E-state index in [1.54, 1.807) is 18.3 Å². The molecule has 0 amide bonds. The number of nitrogens with zero attached hydrogens (tertiary/aromatic N) is 3. The van der Waals surface area contributed by atoms with Crippen LogP contribution in [-0.4, -0.2) is 35.6 Å². The first-order valence-electron chi connectivity index (χ1n) is 7.04. The standard InChI is InChI=1S/C13H24N4O2S/c1-9(2)11-5-7-17(8-6-11)20(18,19)12-10(3)16(4)15-13(12)14/h9,11H,5-8H2,1-4H3,(H2,14,15). The van der Waals surface area contributed by atoms with Crippen LogP contribution in [0.3, 0.4) is 0 Å². The number of aryl methyl sites for hydroxylation is 1. The highest BCUT2D eigenvalue weighted by Crippen LogP contribution is 2.30. The average molecular weight is 300 g/mol. The van der Waals surface area contributed by atoms with Crippen LogP contribution in [0.5, 0.6) is 0 Å². The minimum absolute atomic E-state index is 0.0935. The molecule has 0 saturated carbocycles. The molecule has 1 aromatic rings. The van der Waals surface area contributed by atoms with Gasteiger partial charge in [0.25, 0.3) is 0 Å². The Balaban J connectivity index is 2.24. The molecule has 1 saturated heterocycles. The zero-order valence-corrected chi connectivity index (χ0v) is 13.4. The smallest absolute Gasteiger partial charge is 0.248 e.